The molecule has 1 saturated carbocycles. The number of anilines is 2. The number of hydrogen-bond donors (Lipinski definition) is 1. The van der Waals surface area contributed by atoms with Crippen LogP contribution >= 0.6 is 11.5 Å². The molecule has 2 N–H and O–H groups in total. The molecule has 1 aromatic heterocycles. The lowest BCUT2D eigenvalue weighted by molar-refractivity contribution is 0.357. The fourth-order valence-corrected chi connectivity index (χ4v) is 4.24. The minimum atomic E-state index is 0.535. The van der Waals surface area contributed by atoms with E-state index in [1.54, 1.807) is 7.11 Å². The summed E-state index contributed by atoms with van der Waals surface area (Å²) < 4.78 is 9.63. The predicted octanol–water partition coefficient (Wildman–Crippen LogP) is 2.50. The lowest BCUT2D eigenvalue weighted by atomic mass is 9.92. The van der Waals surface area contributed by atoms with Gasteiger partial charge < -0.3 is 15.4 Å². The molecule has 0 spiro atoms. The Labute approximate surface area is 106 Å². The molecule has 0 radical (unpaired) electrons. The van der Waals surface area contributed by atoms with Gasteiger partial charge >= 0.3 is 0 Å². The van der Waals surface area contributed by atoms with Crippen molar-refractivity contribution in [3.05, 3.63) is 0 Å². The average molecular weight is 253 g/mol. The Morgan fingerprint density at radius 2 is 2.18 bits per heavy atom. The number of hydrogen-bond acceptors (Lipinski definition) is 5. The molecule has 0 aromatic carbocycles. The number of aromatic nitrogens is 1. The van der Waals surface area contributed by atoms with Gasteiger partial charge in [-0.15, -0.1) is 0 Å². The third kappa shape index (κ3) is 1.76. The molecule has 94 valence electrons. The topological polar surface area (TPSA) is 51.4 Å². The van der Waals surface area contributed by atoms with Crippen LogP contribution in [-0.2, 0) is 0 Å². The Morgan fingerprint density at radius 3 is 3.00 bits per heavy atom. The van der Waals surface area contributed by atoms with Crippen LogP contribution in [-0.4, -0.2) is 24.1 Å². The number of nitrogens with zero attached hydrogens (tertiary/aromatic N) is 2. The minimum absolute atomic E-state index is 0.535. The summed E-state index contributed by atoms with van der Waals surface area (Å²) in [6.45, 7) is 1.12. The second-order valence-electron chi connectivity index (χ2n) is 5.00. The molecule has 1 aliphatic heterocycles. The zero-order chi connectivity index (χ0) is 11.8. The highest BCUT2D eigenvalue weighted by Crippen LogP contribution is 2.45. The maximum Gasteiger partial charge on any atom is 0.197 e. The van der Waals surface area contributed by atoms with E-state index in [0.29, 0.717) is 11.9 Å². The first-order chi connectivity index (χ1) is 8.31. The quantitative estimate of drug-likeness (QED) is 0.880. The second kappa shape index (κ2) is 4.37. The summed E-state index contributed by atoms with van der Waals surface area (Å²) in [6.07, 6.45) is 6.73. The summed E-state index contributed by atoms with van der Waals surface area (Å²) in [6, 6.07) is 0.692. The van der Waals surface area contributed by atoms with E-state index in [1.807, 2.05) is 0 Å². The largest absolute Gasteiger partial charge is 0.490 e. The van der Waals surface area contributed by atoms with Crippen molar-refractivity contribution in [2.24, 2.45) is 5.92 Å². The van der Waals surface area contributed by atoms with E-state index >= 15 is 0 Å². The van der Waals surface area contributed by atoms with E-state index in [2.05, 4.69) is 9.27 Å². The van der Waals surface area contributed by atoms with Crippen molar-refractivity contribution >= 4 is 22.4 Å². The SMILES string of the molecule is COc1c(N)nsc1N1CCCC2CCCC21. The van der Waals surface area contributed by atoms with Gasteiger partial charge in [0.25, 0.3) is 0 Å². The summed E-state index contributed by atoms with van der Waals surface area (Å²) >= 11 is 1.48. The molecule has 17 heavy (non-hydrogen) atoms. The van der Waals surface area contributed by atoms with Gasteiger partial charge in [0, 0.05) is 12.6 Å². The number of nitrogens with two attached hydrogens (primary N) is 1. The van der Waals surface area contributed by atoms with Gasteiger partial charge in [-0.2, -0.15) is 4.37 Å². The van der Waals surface area contributed by atoms with Crippen LogP contribution in [0, 0.1) is 5.92 Å². The van der Waals surface area contributed by atoms with Crippen LogP contribution in [0.1, 0.15) is 32.1 Å². The molecular weight excluding hydrogens is 234 g/mol. The van der Waals surface area contributed by atoms with Gasteiger partial charge in [-0.05, 0) is 43.1 Å². The monoisotopic (exact) mass is 253 g/mol. The zero-order valence-corrected chi connectivity index (χ0v) is 11.0. The van der Waals surface area contributed by atoms with E-state index in [1.165, 1.54) is 43.6 Å². The van der Waals surface area contributed by atoms with Crippen LogP contribution in [0.3, 0.4) is 0 Å². The van der Waals surface area contributed by atoms with E-state index in [-0.39, 0.29) is 0 Å². The normalized spacial score (nSPS) is 28.2. The van der Waals surface area contributed by atoms with Crippen LogP contribution in [0.25, 0.3) is 0 Å². The van der Waals surface area contributed by atoms with Crippen LogP contribution < -0.4 is 15.4 Å². The first-order valence-corrected chi connectivity index (χ1v) is 7.14. The molecule has 1 saturated heterocycles. The smallest absolute Gasteiger partial charge is 0.197 e. The highest BCUT2D eigenvalue weighted by Gasteiger charge is 2.37. The molecular formula is C12H19N3OS. The van der Waals surface area contributed by atoms with Crippen molar-refractivity contribution in [3.8, 4) is 5.75 Å². The standard InChI is InChI=1S/C12H19N3OS/c1-16-10-11(13)14-17-12(10)15-7-3-5-8-4-2-6-9(8)15/h8-9H,2-7H2,1H3,(H2,13,14). The molecule has 2 aliphatic rings. The van der Waals surface area contributed by atoms with E-state index in [0.717, 1.165) is 23.2 Å². The second-order valence-corrected chi connectivity index (χ2v) is 5.75. The van der Waals surface area contributed by atoms with E-state index < -0.39 is 0 Å². The predicted molar refractivity (Wildman–Crippen MR) is 70.8 cm³/mol. The Kier molecular flexibility index (Phi) is 2.86. The minimum Gasteiger partial charge on any atom is -0.490 e. The van der Waals surface area contributed by atoms with Crippen molar-refractivity contribution in [2.45, 2.75) is 38.1 Å². The highest BCUT2D eigenvalue weighted by molar-refractivity contribution is 7.11. The molecule has 1 aliphatic carbocycles. The molecule has 2 fully saturated rings. The highest BCUT2D eigenvalue weighted by atomic mass is 32.1. The third-order valence-electron chi connectivity index (χ3n) is 4.12. The van der Waals surface area contributed by atoms with E-state index in [9.17, 15) is 0 Å². The summed E-state index contributed by atoms with van der Waals surface area (Å²) in [7, 11) is 1.68. The number of ether oxygens (including phenoxy) is 1. The van der Waals surface area contributed by atoms with Crippen molar-refractivity contribution in [2.75, 3.05) is 24.3 Å². The summed E-state index contributed by atoms with van der Waals surface area (Å²) in [4.78, 5) is 2.49. The molecule has 2 heterocycles. The van der Waals surface area contributed by atoms with Gasteiger partial charge in [0.15, 0.2) is 16.6 Å². The Morgan fingerprint density at radius 1 is 1.35 bits per heavy atom. The molecule has 0 bridgehead atoms. The average Bonchev–Trinajstić information content (AvgIpc) is 2.94. The number of methoxy groups -OCH3 is 1. The number of rotatable bonds is 2. The van der Waals surface area contributed by atoms with Gasteiger partial charge in [0.1, 0.15) is 0 Å². The Hall–Kier alpha value is -0.970. The lowest BCUT2D eigenvalue weighted by Crippen LogP contribution is -2.42. The fraction of sp³-hybridized carbons (Fsp3) is 0.750. The van der Waals surface area contributed by atoms with Gasteiger partial charge in [-0.1, -0.05) is 6.42 Å². The first-order valence-electron chi connectivity index (χ1n) is 6.37. The van der Waals surface area contributed by atoms with Gasteiger partial charge in [0.2, 0.25) is 0 Å². The Bertz CT molecular complexity index is 406. The zero-order valence-electron chi connectivity index (χ0n) is 10.2. The molecule has 2 atom stereocenters. The van der Waals surface area contributed by atoms with Crippen molar-refractivity contribution in [1.82, 2.24) is 4.37 Å². The summed E-state index contributed by atoms with van der Waals surface area (Å²) in [5, 5.41) is 1.14. The molecule has 1 aromatic rings. The van der Waals surface area contributed by atoms with Crippen molar-refractivity contribution in [3.63, 3.8) is 0 Å². The van der Waals surface area contributed by atoms with Crippen LogP contribution in [0.2, 0.25) is 0 Å². The first kappa shape index (κ1) is 11.1. The Balaban J connectivity index is 1.91. The maximum atomic E-state index is 5.84. The lowest BCUT2D eigenvalue weighted by Gasteiger charge is -2.38. The molecule has 3 rings (SSSR count). The van der Waals surface area contributed by atoms with Crippen molar-refractivity contribution < 1.29 is 4.74 Å². The van der Waals surface area contributed by atoms with E-state index in [4.69, 9.17) is 10.5 Å². The van der Waals surface area contributed by atoms with Crippen LogP contribution in [0.4, 0.5) is 10.8 Å². The number of piperidine rings is 1. The maximum absolute atomic E-state index is 5.84. The van der Waals surface area contributed by atoms with Gasteiger partial charge in [0.05, 0.1) is 7.11 Å². The number of nitrogen functional groups attached to an aromatic ring is 1. The molecule has 4 nitrogen and oxygen atoms in total. The summed E-state index contributed by atoms with van der Waals surface area (Å²) in [5.74, 6) is 2.19. The third-order valence-corrected chi connectivity index (χ3v) is 5.00. The van der Waals surface area contributed by atoms with Crippen LogP contribution in [0.15, 0.2) is 0 Å². The van der Waals surface area contributed by atoms with Crippen molar-refractivity contribution in [1.29, 1.82) is 0 Å². The fourth-order valence-electron chi connectivity index (χ4n) is 3.37. The molecule has 5 heteroatoms. The molecule has 2 unspecified atom stereocenters. The van der Waals surface area contributed by atoms with Gasteiger partial charge in [-0.3, -0.25) is 0 Å². The van der Waals surface area contributed by atoms with Gasteiger partial charge in [-0.25, -0.2) is 0 Å². The van der Waals surface area contributed by atoms with Crippen LogP contribution in [0.5, 0.6) is 5.75 Å². The summed E-state index contributed by atoms with van der Waals surface area (Å²) in [5.41, 5.74) is 5.84. The molecule has 0 amide bonds. The number of fused-ring (bicyclic) bond motifs is 1.